The summed E-state index contributed by atoms with van der Waals surface area (Å²) in [7, 11) is 0. The predicted octanol–water partition coefficient (Wildman–Crippen LogP) is 5.86. The maximum absolute atomic E-state index is 13.8. The summed E-state index contributed by atoms with van der Waals surface area (Å²) >= 11 is 15.5. The van der Waals surface area contributed by atoms with Crippen LogP contribution < -0.4 is 10.6 Å². The first-order chi connectivity index (χ1) is 10.0. The largest absolute Gasteiger partial charge is 0.369 e. The number of anilines is 3. The zero-order chi connectivity index (χ0) is 15.4. The minimum Gasteiger partial charge on any atom is -0.369 e. The van der Waals surface area contributed by atoms with E-state index in [0.29, 0.717) is 21.7 Å². The van der Waals surface area contributed by atoms with Crippen molar-refractivity contribution >= 4 is 56.5 Å². The van der Waals surface area contributed by atoms with Crippen molar-refractivity contribution in [3.63, 3.8) is 0 Å². The lowest BCUT2D eigenvalue weighted by atomic mass is 10.3. The van der Waals surface area contributed by atoms with Crippen molar-refractivity contribution in [2.24, 2.45) is 0 Å². The van der Waals surface area contributed by atoms with Crippen LogP contribution in [0, 0.1) is 5.82 Å². The molecule has 0 fully saturated rings. The molecule has 0 saturated carbocycles. The molecular weight excluding hydrogens is 380 g/mol. The number of hydrogen-bond donors (Lipinski definition) is 2. The van der Waals surface area contributed by atoms with Crippen molar-refractivity contribution in [2.45, 2.75) is 13.3 Å². The molecule has 1 heterocycles. The van der Waals surface area contributed by atoms with Gasteiger partial charge in [-0.05, 0) is 30.7 Å². The van der Waals surface area contributed by atoms with E-state index in [-0.39, 0.29) is 5.69 Å². The van der Waals surface area contributed by atoms with E-state index in [1.165, 1.54) is 6.07 Å². The molecule has 2 aromatic rings. The zero-order valence-corrected chi connectivity index (χ0v) is 14.3. The normalized spacial score (nSPS) is 10.5. The third-order valence-corrected chi connectivity index (χ3v) is 3.72. The molecular formula is C14H13BrCl2FN3. The first-order valence-electron chi connectivity index (χ1n) is 6.33. The van der Waals surface area contributed by atoms with Gasteiger partial charge in [-0.3, -0.25) is 0 Å². The second-order valence-electron chi connectivity index (χ2n) is 4.33. The van der Waals surface area contributed by atoms with E-state index in [0.717, 1.165) is 17.4 Å². The summed E-state index contributed by atoms with van der Waals surface area (Å²) in [5.74, 6) is 0.464. The fraction of sp³-hybridized carbons (Fsp3) is 0.214. The summed E-state index contributed by atoms with van der Waals surface area (Å²) in [5, 5.41) is 6.72. The van der Waals surface area contributed by atoms with E-state index in [1.807, 2.05) is 6.92 Å². The van der Waals surface area contributed by atoms with Gasteiger partial charge >= 0.3 is 0 Å². The van der Waals surface area contributed by atoms with Gasteiger partial charge in [-0.25, -0.2) is 9.37 Å². The van der Waals surface area contributed by atoms with Crippen LogP contribution in [0.25, 0.3) is 0 Å². The van der Waals surface area contributed by atoms with E-state index in [4.69, 9.17) is 23.2 Å². The van der Waals surface area contributed by atoms with E-state index in [1.54, 1.807) is 18.2 Å². The second kappa shape index (κ2) is 7.29. The quantitative estimate of drug-likeness (QED) is 0.669. The molecule has 0 saturated heterocycles. The van der Waals surface area contributed by atoms with E-state index in [2.05, 4.69) is 31.5 Å². The van der Waals surface area contributed by atoms with Crippen LogP contribution in [0.2, 0.25) is 10.0 Å². The van der Waals surface area contributed by atoms with E-state index in [9.17, 15) is 4.39 Å². The van der Waals surface area contributed by atoms with Crippen LogP contribution in [-0.4, -0.2) is 11.5 Å². The van der Waals surface area contributed by atoms with Gasteiger partial charge in [0, 0.05) is 11.0 Å². The molecule has 21 heavy (non-hydrogen) atoms. The molecule has 1 aromatic heterocycles. The van der Waals surface area contributed by atoms with Crippen LogP contribution >= 0.6 is 39.1 Å². The number of aromatic nitrogens is 1. The highest BCUT2D eigenvalue weighted by atomic mass is 79.9. The maximum atomic E-state index is 13.8. The van der Waals surface area contributed by atoms with Crippen molar-refractivity contribution in [1.82, 2.24) is 4.98 Å². The maximum Gasteiger partial charge on any atom is 0.151 e. The molecule has 2 rings (SSSR count). The van der Waals surface area contributed by atoms with Crippen LogP contribution in [0.4, 0.5) is 21.7 Å². The van der Waals surface area contributed by atoms with Gasteiger partial charge in [0.05, 0.1) is 15.7 Å². The first kappa shape index (κ1) is 16.3. The van der Waals surface area contributed by atoms with Gasteiger partial charge in [0.15, 0.2) is 5.82 Å². The van der Waals surface area contributed by atoms with E-state index >= 15 is 0 Å². The Morgan fingerprint density at radius 3 is 2.62 bits per heavy atom. The average molecular weight is 393 g/mol. The number of pyridine rings is 1. The fourth-order valence-corrected chi connectivity index (χ4v) is 2.48. The summed E-state index contributed by atoms with van der Waals surface area (Å²) in [6.07, 6.45) is 0.934. The van der Waals surface area contributed by atoms with E-state index < -0.39 is 5.82 Å². The Morgan fingerprint density at radius 2 is 1.90 bits per heavy atom. The lowest BCUT2D eigenvalue weighted by molar-refractivity contribution is 0.631. The molecule has 1 aromatic carbocycles. The van der Waals surface area contributed by atoms with Crippen LogP contribution in [0.5, 0.6) is 0 Å². The summed E-state index contributed by atoms with van der Waals surface area (Å²) in [5.41, 5.74) is 0.280. The number of halogens is 4. The molecule has 3 nitrogen and oxygen atoms in total. The molecule has 0 unspecified atom stereocenters. The topological polar surface area (TPSA) is 37.0 Å². The molecule has 0 amide bonds. The van der Waals surface area contributed by atoms with Crippen molar-refractivity contribution < 1.29 is 4.39 Å². The number of benzene rings is 1. The molecule has 0 aliphatic carbocycles. The second-order valence-corrected chi connectivity index (χ2v) is 6.06. The Labute approximate surface area is 141 Å². The monoisotopic (exact) mass is 391 g/mol. The predicted molar refractivity (Wildman–Crippen MR) is 90.4 cm³/mol. The van der Waals surface area contributed by atoms with Gasteiger partial charge < -0.3 is 10.6 Å². The minimum absolute atomic E-state index is 0.280. The van der Waals surface area contributed by atoms with Gasteiger partial charge in [0.2, 0.25) is 0 Å². The van der Waals surface area contributed by atoms with Crippen LogP contribution in [0.3, 0.4) is 0 Å². The molecule has 0 aliphatic heterocycles. The van der Waals surface area contributed by atoms with Crippen LogP contribution in [0.15, 0.2) is 28.7 Å². The number of rotatable bonds is 5. The standard InChI is InChI=1S/C14H13BrCl2FN3/c1-2-5-19-13-9(16)7-10(17)14(21-13)20-12-6-8(15)3-4-11(12)18/h3-4,6-7H,2,5H2,1H3,(H2,19,20,21). The van der Waals surface area contributed by atoms with Crippen molar-refractivity contribution in [3.05, 3.63) is 44.6 Å². The van der Waals surface area contributed by atoms with Crippen molar-refractivity contribution in [1.29, 1.82) is 0 Å². The van der Waals surface area contributed by atoms with Gasteiger partial charge in [-0.15, -0.1) is 0 Å². The molecule has 0 atom stereocenters. The minimum atomic E-state index is -0.394. The molecule has 0 spiro atoms. The molecule has 0 aliphatic rings. The highest BCUT2D eigenvalue weighted by Gasteiger charge is 2.11. The zero-order valence-electron chi connectivity index (χ0n) is 11.2. The van der Waals surface area contributed by atoms with Crippen molar-refractivity contribution in [3.8, 4) is 0 Å². The fourth-order valence-electron chi connectivity index (χ4n) is 1.64. The lowest BCUT2D eigenvalue weighted by Crippen LogP contribution is -2.05. The highest BCUT2D eigenvalue weighted by Crippen LogP contribution is 2.32. The van der Waals surface area contributed by atoms with Gasteiger partial charge in [-0.2, -0.15) is 0 Å². The molecule has 112 valence electrons. The third kappa shape index (κ3) is 4.22. The average Bonchev–Trinajstić information content (AvgIpc) is 2.44. The Morgan fingerprint density at radius 1 is 1.19 bits per heavy atom. The summed E-state index contributed by atoms with van der Waals surface area (Å²) in [6.45, 7) is 2.77. The summed E-state index contributed by atoms with van der Waals surface area (Å²) < 4.78 is 14.5. The Kier molecular flexibility index (Phi) is 5.67. The summed E-state index contributed by atoms with van der Waals surface area (Å²) in [6, 6.07) is 6.16. The molecule has 0 radical (unpaired) electrons. The van der Waals surface area contributed by atoms with Crippen LogP contribution in [-0.2, 0) is 0 Å². The number of nitrogens with one attached hydrogen (secondary N) is 2. The van der Waals surface area contributed by atoms with Gasteiger partial charge in [-0.1, -0.05) is 46.1 Å². The van der Waals surface area contributed by atoms with Crippen LogP contribution in [0.1, 0.15) is 13.3 Å². The Bertz CT molecular complexity index is 652. The Hall–Kier alpha value is -1.04. The van der Waals surface area contributed by atoms with Gasteiger partial charge in [0.1, 0.15) is 11.6 Å². The number of nitrogens with zero attached hydrogens (tertiary/aromatic N) is 1. The third-order valence-electron chi connectivity index (χ3n) is 2.65. The van der Waals surface area contributed by atoms with Crippen molar-refractivity contribution in [2.75, 3.05) is 17.2 Å². The first-order valence-corrected chi connectivity index (χ1v) is 7.88. The Balaban J connectivity index is 2.32. The SMILES string of the molecule is CCCNc1nc(Nc2cc(Br)ccc2F)c(Cl)cc1Cl. The summed E-state index contributed by atoms with van der Waals surface area (Å²) in [4.78, 5) is 4.31. The molecule has 0 bridgehead atoms. The highest BCUT2D eigenvalue weighted by molar-refractivity contribution is 9.10. The lowest BCUT2D eigenvalue weighted by Gasteiger charge is -2.13. The number of hydrogen-bond acceptors (Lipinski definition) is 3. The van der Waals surface area contributed by atoms with Gasteiger partial charge in [0.25, 0.3) is 0 Å². The molecule has 2 N–H and O–H groups in total. The molecule has 7 heteroatoms. The smallest absolute Gasteiger partial charge is 0.151 e.